The summed E-state index contributed by atoms with van der Waals surface area (Å²) in [5.74, 6) is 0. The monoisotopic (exact) mass is 573 g/mol. The van der Waals surface area contributed by atoms with Crippen molar-refractivity contribution in [2.24, 2.45) is 0 Å². The van der Waals surface area contributed by atoms with Crippen LogP contribution < -0.4 is 0 Å². The molecule has 0 radical (unpaired) electrons. The van der Waals surface area contributed by atoms with Crippen molar-refractivity contribution in [3.05, 3.63) is 65.3 Å². The van der Waals surface area contributed by atoms with Crippen molar-refractivity contribution in [3.8, 4) is 0 Å². The Labute approximate surface area is 243 Å². The summed E-state index contributed by atoms with van der Waals surface area (Å²) in [6.07, 6.45) is 9.36. The molecule has 1 aliphatic rings. The van der Waals surface area contributed by atoms with Gasteiger partial charge in [-0.15, -0.1) is 0 Å². The van der Waals surface area contributed by atoms with Crippen LogP contribution >= 0.6 is 0 Å². The standard InChI is InChI=1S/C33H51NO5S/c1-25(2)16-14-17-26(3)21-22-29(40(36,37)28-19-12-11-13-20-28)27(4)18-15-23-33(10)24-38-32(8,9)34(33)30(35)39-31(5,6)7/h11-13,16,18-21,29H,14-15,17,22-24H2,1-10H3/b26-21+,27-18+/t29?,33-/m0/s1. The van der Waals surface area contributed by atoms with Crippen molar-refractivity contribution in [1.29, 1.82) is 0 Å². The maximum absolute atomic E-state index is 13.8. The van der Waals surface area contributed by atoms with Crippen LogP contribution in [0.1, 0.15) is 101 Å². The molecule has 1 heterocycles. The average molecular weight is 574 g/mol. The second kappa shape index (κ2) is 13.5. The zero-order valence-corrected chi connectivity index (χ0v) is 27.2. The van der Waals surface area contributed by atoms with E-state index in [0.29, 0.717) is 30.8 Å². The van der Waals surface area contributed by atoms with Crippen LogP contribution in [0.3, 0.4) is 0 Å². The first kappa shape index (κ1) is 33.8. The molecule has 1 aliphatic heterocycles. The fourth-order valence-electron chi connectivity index (χ4n) is 5.12. The highest BCUT2D eigenvalue weighted by atomic mass is 32.2. The number of sulfone groups is 1. The molecule has 2 atom stereocenters. The van der Waals surface area contributed by atoms with Crippen LogP contribution in [0, 0.1) is 0 Å². The normalized spacial score (nSPS) is 20.8. The second-order valence-electron chi connectivity index (χ2n) is 13.0. The molecule has 40 heavy (non-hydrogen) atoms. The average Bonchev–Trinajstić information content (AvgIpc) is 3.07. The number of rotatable bonds is 11. The Kier molecular flexibility index (Phi) is 11.4. The number of benzene rings is 1. The zero-order chi connectivity index (χ0) is 30.4. The lowest BCUT2D eigenvalue weighted by Crippen LogP contribution is -2.55. The summed E-state index contributed by atoms with van der Waals surface area (Å²) in [7, 11) is -3.59. The van der Waals surface area contributed by atoms with Gasteiger partial charge in [0.2, 0.25) is 0 Å². The van der Waals surface area contributed by atoms with Gasteiger partial charge in [-0.3, -0.25) is 4.90 Å². The van der Waals surface area contributed by atoms with Crippen molar-refractivity contribution in [1.82, 2.24) is 4.90 Å². The van der Waals surface area contributed by atoms with Crippen LogP contribution in [0.25, 0.3) is 0 Å². The second-order valence-corrected chi connectivity index (χ2v) is 15.1. The van der Waals surface area contributed by atoms with Crippen LogP contribution in [0.2, 0.25) is 0 Å². The lowest BCUT2D eigenvalue weighted by molar-refractivity contribution is -0.0683. The summed E-state index contributed by atoms with van der Waals surface area (Å²) in [6, 6.07) is 8.68. The Bertz CT molecular complexity index is 1200. The molecule has 0 aliphatic carbocycles. The Hall–Kier alpha value is -2.38. The fourth-order valence-corrected chi connectivity index (χ4v) is 6.92. The van der Waals surface area contributed by atoms with E-state index < -0.39 is 38.0 Å². The summed E-state index contributed by atoms with van der Waals surface area (Å²) in [6.45, 7) is 19.8. The van der Waals surface area contributed by atoms with Crippen LogP contribution in [0.15, 0.2) is 70.2 Å². The van der Waals surface area contributed by atoms with Gasteiger partial charge >= 0.3 is 6.09 Å². The van der Waals surface area contributed by atoms with Gasteiger partial charge in [-0.1, -0.05) is 53.1 Å². The van der Waals surface area contributed by atoms with E-state index in [4.69, 9.17) is 9.47 Å². The molecule has 2 rings (SSSR count). The van der Waals surface area contributed by atoms with E-state index in [2.05, 4.69) is 32.9 Å². The van der Waals surface area contributed by atoms with E-state index in [-0.39, 0.29) is 0 Å². The van der Waals surface area contributed by atoms with Crippen LogP contribution in [-0.2, 0) is 19.3 Å². The van der Waals surface area contributed by atoms with E-state index in [1.165, 1.54) is 11.1 Å². The number of carbonyl (C=O) groups is 1. The quantitative estimate of drug-likeness (QED) is 0.249. The summed E-state index contributed by atoms with van der Waals surface area (Å²) in [5.41, 5.74) is 1.27. The minimum absolute atomic E-state index is 0.331. The number of amides is 1. The van der Waals surface area contributed by atoms with Gasteiger partial charge in [0.25, 0.3) is 0 Å². The van der Waals surface area contributed by atoms with Crippen molar-refractivity contribution >= 4 is 15.9 Å². The minimum atomic E-state index is -3.59. The number of carbonyl (C=O) groups excluding carboxylic acids is 1. The van der Waals surface area contributed by atoms with Gasteiger partial charge in [0.05, 0.1) is 22.3 Å². The summed E-state index contributed by atoms with van der Waals surface area (Å²) >= 11 is 0. The first-order valence-electron chi connectivity index (χ1n) is 14.3. The van der Waals surface area contributed by atoms with Crippen LogP contribution in [0.5, 0.6) is 0 Å². The van der Waals surface area contributed by atoms with E-state index >= 15 is 0 Å². The molecule has 1 aromatic carbocycles. The zero-order valence-electron chi connectivity index (χ0n) is 26.3. The van der Waals surface area contributed by atoms with Gasteiger partial charge in [0, 0.05) is 0 Å². The third-order valence-corrected chi connectivity index (χ3v) is 9.51. The third-order valence-electron chi connectivity index (χ3n) is 7.27. The maximum Gasteiger partial charge on any atom is 0.413 e. The molecule has 0 N–H and O–H groups in total. The molecule has 6 nitrogen and oxygen atoms in total. The van der Waals surface area contributed by atoms with Gasteiger partial charge in [0.15, 0.2) is 9.84 Å². The van der Waals surface area contributed by atoms with E-state index in [0.717, 1.165) is 18.4 Å². The molecule has 1 fully saturated rings. The summed E-state index contributed by atoms with van der Waals surface area (Å²) < 4.78 is 39.3. The largest absolute Gasteiger partial charge is 0.444 e. The number of allylic oxidation sites excluding steroid dienone is 5. The van der Waals surface area contributed by atoms with E-state index in [1.54, 1.807) is 29.2 Å². The molecule has 0 aromatic heterocycles. The van der Waals surface area contributed by atoms with Gasteiger partial charge in [0.1, 0.15) is 11.3 Å². The SMILES string of the molecule is CC(C)=CCC/C(C)=C/CC(/C(C)=C/CC[C@@]1(C)COC(C)(C)N1C(=O)OC(C)(C)C)S(=O)(=O)c1ccccc1. The van der Waals surface area contributed by atoms with Crippen molar-refractivity contribution in [3.63, 3.8) is 0 Å². The van der Waals surface area contributed by atoms with Gasteiger partial charge < -0.3 is 9.47 Å². The van der Waals surface area contributed by atoms with Crippen molar-refractivity contribution in [2.45, 2.75) is 128 Å². The van der Waals surface area contributed by atoms with E-state index in [1.807, 2.05) is 60.6 Å². The molecule has 224 valence electrons. The number of hydrogen-bond acceptors (Lipinski definition) is 5. The van der Waals surface area contributed by atoms with Crippen LogP contribution in [0.4, 0.5) is 4.79 Å². The molecule has 1 saturated heterocycles. The highest BCUT2D eigenvalue weighted by Crippen LogP contribution is 2.39. The van der Waals surface area contributed by atoms with Crippen LogP contribution in [-0.4, -0.2) is 48.1 Å². The molecule has 0 bridgehead atoms. The van der Waals surface area contributed by atoms with E-state index in [9.17, 15) is 13.2 Å². The molecule has 0 saturated carbocycles. The smallest absolute Gasteiger partial charge is 0.413 e. The Morgan fingerprint density at radius 2 is 1.65 bits per heavy atom. The first-order valence-corrected chi connectivity index (χ1v) is 15.9. The third kappa shape index (κ3) is 9.34. The Morgan fingerprint density at radius 3 is 2.23 bits per heavy atom. The molecule has 7 heteroatoms. The van der Waals surface area contributed by atoms with Gasteiger partial charge in [-0.05, 0) is 113 Å². The predicted octanol–water partition coefficient (Wildman–Crippen LogP) is 8.40. The molecule has 0 spiro atoms. The Morgan fingerprint density at radius 1 is 1.02 bits per heavy atom. The summed E-state index contributed by atoms with van der Waals surface area (Å²) in [4.78, 5) is 15.2. The molecular formula is C33H51NO5S. The predicted molar refractivity (Wildman–Crippen MR) is 164 cm³/mol. The lowest BCUT2D eigenvalue weighted by Gasteiger charge is -2.40. The molecule has 1 unspecified atom stereocenters. The lowest BCUT2D eigenvalue weighted by atomic mass is 9.93. The van der Waals surface area contributed by atoms with Gasteiger partial charge in [-0.25, -0.2) is 13.2 Å². The highest BCUT2D eigenvalue weighted by molar-refractivity contribution is 7.92. The van der Waals surface area contributed by atoms with Crippen molar-refractivity contribution < 1.29 is 22.7 Å². The maximum atomic E-state index is 13.8. The molecule has 1 aromatic rings. The first-order chi connectivity index (χ1) is 18.4. The fraction of sp³-hybridized carbons (Fsp3) is 0.606. The molecule has 1 amide bonds. The van der Waals surface area contributed by atoms with Crippen molar-refractivity contribution in [2.75, 3.05) is 6.61 Å². The minimum Gasteiger partial charge on any atom is -0.444 e. The highest BCUT2D eigenvalue weighted by Gasteiger charge is 2.52. The summed E-state index contributed by atoms with van der Waals surface area (Å²) in [5, 5.41) is -0.667. The van der Waals surface area contributed by atoms with Gasteiger partial charge in [-0.2, -0.15) is 0 Å². The number of hydrogen-bond donors (Lipinski definition) is 0. The number of nitrogens with zero attached hydrogens (tertiary/aromatic N) is 1. The molecular weight excluding hydrogens is 522 g/mol. The Balaban J connectivity index is 2.29. The topological polar surface area (TPSA) is 72.9 Å². The number of ether oxygens (including phenoxy) is 2.